The molecule has 0 bridgehead atoms. The lowest BCUT2D eigenvalue weighted by atomic mass is 9.96. The third-order valence-corrected chi connectivity index (χ3v) is 6.33. The van der Waals surface area contributed by atoms with Gasteiger partial charge in [-0.25, -0.2) is 0 Å². The molecule has 3 aliphatic rings. The number of aliphatic hydroxyl groups is 8. The highest BCUT2D eigenvalue weighted by atomic mass is 16.8. The van der Waals surface area contributed by atoms with Crippen molar-refractivity contribution in [1.82, 2.24) is 0 Å². The van der Waals surface area contributed by atoms with E-state index in [4.69, 9.17) is 34.8 Å². The second kappa shape index (κ2) is 12.0. The fraction of sp³-hybridized carbons (Fsp3) is 0.905. The first-order chi connectivity index (χ1) is 16.5. The van der Waals surface area contributed by atoms with Crippen molar-refractivity contribution in [2.45, 2.75) is 106 Å². The van der Waals surface area contributed by atoms with Crippen LogP contribution in [0.4, 0.5) is 0 Å². The summed E-state index contributed by atoms with van der Waals surface area (Å²) in [6, 6.07) is 0. The molecule has 8 N–H and O–H groups in total. The molecule has 0 radical (unpaired) electrons. The van der Waals surface area contributed by atoms with Gasteiger partial charge in [0.1, 0.15) is 67.6 Å². The zero-order valence-electron chi connectivity index (χ0n) is 19.2. The average Bonchev–Trinajstić information content (AvgIpc) is 2.84. The summed E-state index contributed by atoms with van der Waals surface area (Å²) in [5.41, 5.74) is 0. The van der Waals surface area contributed by atoms with Crippen molar-refractivity contribution in [3.05, 3.63) is 0 Å². The molecule has 0 aromatic rings. The van der Waals surface area contributed by atoms with E-state index in [1.807, 2.05) is 0 Å². The van der Waals surface area contributed by atoms with Crippen molar-refractivity contribution < 1.29 is 69.3 Å². The Bertz CT molecular complexity index is 719. The van der Waals surface area contributed by atoms with Gasteiger partial charge in [-0.15, -0.1) is 6.42 Å². The van der Waals surface area contributed by atoms with Gasteiger partial charge in [-0.3, -0.25) is 0 Å². The predicted octanol–water partition coefficient (Wildman–Crippen LogP) is -4.86. The van der Waals surface area contributed by atoms with E-state index in [1.54, 1.807) is 0 Å². The van der Waals surface area contributed by atoms with Crippen LogP contribution in [0.2, 0.25) is 0 Å². The first kappa shape index (κ1) is 28.6. The minimum absolute atomic E-state index is 0.279. The third-order valence-electron chi connectivity index (χ3n) is 6.33. The van der Waals surface area contributed by atoms with Gasteiger partial charge in [-0.2, -0.15) is 0 Å². The van der Waals surface area contributed by atoms with Gasteiger partial charge >= 0.3 is 0 Å². The fourth-order valence-electron chi connectivity index (χ4n) is 4.18. The van der Waals surface area contributed by atoms with Gasteiger partial charge in [-0.05, 0) is 13.8 Å². The molecule has 3 fully saturated rings. The number of aliphatic hydroxyl groups excluding tert-OH is 8. The minimum Gasteiger partial charge on any atom is -0.394 e. The second-order valence-electron chi connectivity index (χ2n) is 8.80. The van der Waals surface area contributed by atoms with Crippen LogP contribution in [-0.4, -0.2) is 146 Å². The highest BCUT2D eigenvalue weighted by Gasteiger charge is 2.53. The Kier molecular flexibility index (Phi) is 9.82. The molecule has 0 spiro atoms. The summed E-state index contributed by atoms with van der Waals surface area (Å²) in [5, 5.41) is 81.5. The monoisotopic (exact) mass is 510 g/mol. The molecule has 0 aromatic carbocycles. The minimum atomic E-state index is -1.71. The van der Waals surface area contributed by atoms with E-state index in [0.29, 0.717) is 0 Å². The Hall–Kier alpha value is -1.00. The van der Waals surface area contributed by atoms with Crippen molar-refractivity contribution in [1.29, 1.82) is 0 Å². The molecular weight excluding hydrogens is 476 g/mol. The van der Waals surface area contributed by atoms with E-state index in [-0.39, 0.29) is 6.61 Å². The average molecular weight is 510 g/mol. The molecule has 0 saturated carbocycles. The molecule has 35 heavy (non-hydrogen) atoms. The number of rotatable bonds is 7. The maximum Gasteiger partial charge on any atom is 0.188 e. The van der Waals surface area contributed by atoms with Crippen LogP contribution in [0.25, 0.3) is 0 Å². The summed E-state index contributed by atoms with van der Waals surface area (Å²) in [4.78, 5) is 0. The van der Waals surface area contributed by atoms with E-state index in [2.05, 4.69) is 5.92 Å². The Labute approximate surface area is 201 Å². The lowest BCUT2D eigenvalue weighted by Gasteiger charge is -2.48. The summed E-state index contributed by atoms with van der Waals surface area (Å²) in [6.07, 6.45) is -16.4. The summed E-state index contributed by atoms with van der Waals surface area (Å²) in [5.74, 6) is 2.22. The van der Waals surface area contributed by atoms with E-state index in [0.717, 1.165) is 0 Å². The van der Waals surface area contributed by atoms with Gasteiger partial charge in [0.05, 0.1) is 18.8 Å². The molecule has 3 aliphatic heterocycles. The van der Waals surface area contributed by atoms with Crippen molar-refractivity contribution in [2.75, 3.05) is 13.2 Å². The van der Waals surface area contributed by atoms with E-state index in [9.17, 15) is 40.9 Å². The summed E-state index contributed by atoms with van der Waals surface area (Å²) >= 11 is 0. The zero-order valence-corrected chi connectivity index (χ0v) is 19.2. The van der Waals surface area contributed by atoms with Crippen molar-refractivity contribution >= 4 is 0 Å². The normalized spacial score (nSPS) is 51.1. The molecule has 3 heterocycles. The van der Waals surface area contributed by atoms with Crippen LogP contribution in [0, 0.1) is 12.3 Å². The van der Waals surface area contributed by atoms with E-state index >= 15 is 0 Å². The van der Waals surface area contributed by atoms with Crippen LogP contribution < -0.4 is 0 Å². The molecule has 3 saturated heterocycles. The molecule has 15 unspecified atom stereocenters. The second-order valence-corrected chi connectivity index (χ2v) is 8.80. The summed E-state index contributed by atoms with van der Waals surface area (Å²) < 4.78 is 33.2. The summed E-state index contributed by atoms with van der Waals surface area (Å²) in [6.45, 7) is 1.91. The van der Waals surface area contributed by atoms with Crippen LogP contribution >= 0.6 is 0 Å². The third kappa shape index (κ3) is 5.95. The van der Waals surface area contributed by atoms with E-state index in [1.165, 1.54) is 13.8 Å². The quantitative estimate of drug-likeness (QED) is 0.151. The van der Waals surface area contributed by atoms with E-state index < -0.39 is 98.7 Å². The molecular formula is C21H34O14. The fourth-order valence-corrected chi connectivity index (χ4v) is 4.18. The maximum atomic E-state index is 11.1. The molecule has 14 nitrogen and oxygen atoms in total. The number of hydrogen-bond acceptors (Lipinski definition) is 14. The predicted molar refractivity (Wildman–Crippen MR) is 111 cm³/mol. The smallest absolute Gasteiger partial charge is 0.188 e. The molecule has 0 aliphatic carbocycles. The maximum absolute atomic E-state index is 11.1. The van der Waals surface area contributed by atoms with Crippen LogP contribution in [0.1, 0.15) is 13.8 Å². The SMILES string of the molecule is C#CCOC1OC(CO)C(OC2OC(C)C(O)C(O)C2O)C(O)C1OC1OC(C)C(O)C(O)C1O. The van der Waals surface area contributed by atoms with Crippen LogP contribution in [0.5, 0.6) is 0 Å². The topological polar surface area (TPSA) is 217 Å². The molecule has 14 heteroatoms. The Morgan fingerprint density at radius 3 is 1.60 bits per heavy atom. The number of terminal acetylenes is 1. The Morgan fingerprint density at radius 2 is 1.14 bits per heavy atom. The standard InChI is InChI=1S/C21H34O14/c1-4-5-30-21-18(35-20-15(28)13(26)11(24)8(3)32-20)16(29)17(9(6-22)33-21)34-19-14(27)12(25)10(23)7(2)31-19/h1,7-29H,5-6H2,2-3H3. The van der Waals surface area contributed by atoms with Crippen molar-refractivity contribution in [2.24, 2.45) is 0 Å². The number of hydrogen-bond donors (Lipinski definition) is 8. The molecule has 0 aromatic heterocycles. The highest BCUT2D eigenvalue weighted by Crippen LogP contribution is 2.33. The van der Waals surface area contributed by atoms with Gasteiger partial charge in [-0.1, -0.05) is 5.92 Å². The van der Waals surface area contributed by atoms with Gasteiger partial charge in [0.15, 0.2) is 18.9 Å². The van der Waals surface area contributed by atoms with Gasteiger partial charge in [0.2, 0.25) is 0 Å². The lowest BCUT2D eigenvalue weighted by Crippen LogP contribution is -2.66. The summed E-state index contributed by atoms with van der Waals surface area (Å²) in [7, 11) is 0. The van der Waals surface area contributed by atoms with Crippen molar-refractivity contribution in [3.8, 4) is 12.3 Å². The Balaban J connectivity index is 1.82. The molecule has 202 valence electrons. The molecule has 0 amide bonds. The highest BCUT2D eigenvalue weighted by molar-refractivity contribution is 4.96. The van der Waals surface area contributed by atoms with Gasteiger partial charge in [0.25, 0.3) is 0 Å². The van der Waals surface area contributed by atoms with Crippen LogP contribution in [0.3, 0.4) is 0 Å². The largest absolute Gasteiger partial charge is 0.394 e. The van der Waals surface area contributed by atoms with Crippen molar-refractivity contribution in [3.63, 3.8) is 0 Å². The lowest BCUT2D eigenvalue weighted by molar-refractivity contribution is -0.383. The zero-order chi connectivity index (χ0) is 26.0. The molecule has 3 rings (SSSR count). The van der Waals surface area contributed by atoms with Crippen LogP contribution in [-0.2, 0) is 28.4 Å². The first-order valence-corrected chi connectivity index (χ1v) is 11.2. The van der Waals surface area contributed by atoms with Gasteiger partial charge in [0, 0.05) is 0 Å². The Morgan fingerprint density at radius 1 is 0.657 bits per heavy atom. The number of ether oxygens (including phenoxy) is 6. The molecule has 15 atom stereocenters. The van der Waals surface area contributed by atoms with Gasteiger partial charge < -0.3 is 69.3 Å². The first-order valence-electron chi connectivity index (χ1n) is 11.2. The van der Waals surface area contributed by atoms with Crippen LogP contribution in [0.15, 0.2) is 0 Å².